The van der Waals surface area contributed by atoms with Gasteiger partial charge in [0.15, 0.2) is 0 Å². The number of carbonyl (C=O) groups excluding carboxylic acids is 3. The summed E-state index contributed by atoms with van der Waals surface area (Å²) in [6.07, 6.45) is 0. The number of hydrogen-bond acceptors (Lipinski definition) is 3. The van der Waals surface area contributed by atoms with Crippen molar-refractivity contribution in [3.63, 3.8) is 0 Å². The van der Waals surface area contributed by atoms with E-state index in [1.807, 2.05) is 0 Å². The van der Waals surface area contributed by atoms with Gasteiger partial charge in [0.1, 0.15) is 5.82 Å². The Morgan fingerprint density at radius 2 is 1.34 bits per heavy atom. The van der Waals surface area contributed by atoms with E-state index in [2.05, 4.69) is 16.2 Å². The van der Waals surface area contributed by atoms with Gasteiger partial charge in [-0.15, -0.1) is 0 Å². The van der Waals surface area contributed by atoms with Crippen molar-refractivity contribution < 1.29 is 18.8 Å². The molecule has 0 radical (unpaired) electrons. The van der Waals surface area contributed by atoms with Crippen molar-refractivity contribution in [1.82, 2.24) is 10.9 Å². The Morgan fingerprint density at radius 3 is 2.03 bits per heavy atom. The van der Waals surface area contributed by atoms with Crippen molar-refractivity contribution in [1.29, 1.82) is 0 Å². The molecule has 0 aliphatic heterocycles. The molecule has 0 heterocycles. The number of nitrogens with one attached hydrogen (secondary N) is 3. The molecule has 0 aromatic heterocycles. The van der Waals surface area contributed by atoms with Crippen LogP contribution < -0.4 is 16.2 Å². The highest BCUT2D eigenvalue weighted by Crippen LogP contribution is 2.22. The van der Waals surface area contributed by atoms with Gasteiger partial charge in [0.2, 0.25) is 0 Å². The molecule has 29 heavy (non-hydrogen) atoms. The van der Waals surface area contributed by atoms with E-state index in [-0.39, 0.29) is 16.8 Å². The quantitative estimate of drug-likeness (QED) is 0.570. The van der Waals surface area contributed by atoms with E-state index in [4.69, 9.17) is 11.6 Å². The number of halogens is 2. The van der Waals surface area contributed by atoms with Crippen LogP contribution in [0.2, 0.25) is 5.02 Å². The maximum atomic E-state index is 13.0. The summed E-state index contributed by atoms with van der Waals surface area (Å²) in [4.78, 5) is 37.0. The topological polar surface area (TPSA) is 87.3 Å². The monoisotopic (exact) mass is 411 g/mol. The SMILES string of the molecule is O=C(NNC(=O)c1ccc(Cl)cc1NC(=O)c1ccc(F)cc1)c1ccccc1. The van der Waals surface area contributed by atoms with E-state index in [0.29, 0.717) is 10.6 Å². The number of benzene rings is 3. The fraction of sp³-hybridized carbons (Fsp3) is 0. The molecule has 0 aliphatic carbocycles. The predicted molar refractivity (Wildman–Crippen MR) is 107 cm³/mol. The van der Waals surface area contributed by atoms with Crippen molar-refractivity contribution in [3.05, 3.63) is 100 Å². The third-order valence-electron chi connectivity index (χ3n) is 3.91. The Hall–Kier alpha value is -3.71. The maximum Gasteiger partial charge on any atom is 0.271 e. The first-order valence-corrected chi connectivity index (χ1v) is 8.84. The molecule has 0 atom stereocenters. The van der Waals surface area contributed by atoms with E-state index < -0.39 is 23.5 Å². The minimum absolute atomic E-state index is 0.0817. The van der Waals surface area contributed by atoms with Crippen LogP contribution in [0.4, 0.5) is 10.1 Å². The van der Waals surface area contributed by atoms with Gasteiger partial charge in [0.05, 0.1) is 11.3 Å². The summed E-state index contributed by atoms with van der Waals surface area (Å²) in [5.74, 6) is -2.17. The van der Waals surface area contributed by atoms with Gasteiger partial charge in [-0.3, -0.25) is 25.2 Å². The summed E-state index contributed by atoms with van der Waals surface area (Å²) in [6.45, 7) is 0. The number of carbonyl (C=O) groups is 3. The number of anilines is 1. The number of rotatable bonds is 4. The maximum absolute atomic E-state index is 13.0. The van der Waals surface area contributed by atoms with E-state index in [1.54, 1.807) is 30.3 Å². The molecule has 8 heteroatoms. The van der Waals surface area contributed by atoms with Crippen LogP contribution in [-0.4, -0.2) is 17.7 Å². The second kappa shape index (κ2) is 8.99. The second-order valence-corrected chi connectivity index (χ2v) is 6.36. The average molecular weight is 412 g/mol. The Morgan fingerprint density at radius 1 is 0.724 bits per heavy atom. The summed E-state index contributed by atoms with van der Waals surface area (Å²) >= 11 is 5.98. The number of amides is 3. The van der Waals surface area contributed by atoms with Crippen molar-refractivity contribution in [2.24, 2.45) is 0 Å². The molecule has 0 saturated heterocycles. The minimum Gasteiger partial charge on any atom is -0.321 e. The van der Waals surface area contributed by atoms with E-state index in [9.17, 15) is 18.8 Å². The average Bonchev–Trinajstić information content (AvgIpc) is 2.73. The Kier molecular flexibility index (Phi) is 6.21. The standard InChI is InChI=1S/C21H15ClFN3O3/c22-15-8-11-17(21(29)26-25-20(28)13-4-2-1-3-5-13)18(12-15)24-19(27)14-6-9-16(23)10-7-14/h1-12H,(H,24,27)(H,25,28)(H,26,29). The lowest BCUT2D eigenvalue weighted by atomic mass is 10.1. The molecule has 0 unspecified atom stereocenters. The third-order valence-corrected chi connectivity index (χ3v) is 4.14. The predicted octanol–water partition coefficient (Wildman–Crippen LogP) is 3.81. The van der Waals surface area contributed by atoms with Crippen molar-refractivity contribution in [2.75, 3.05) is 5.32 Å². The Bertz CT molecular complexity index is 1060. The molecule has 0 spiro atoms. The van der Waals surface area contributed by atoms with E-state index in [1.165, 1.54) is 30.3 Å². The van der Waals surface area contributed by atoms with Crippen LogP contribution >= 0.6 is 11.6 Å². The minimum atomic E-state index is -0.652. The summed E-state index contributed by atoms with van der Waals surface area (Å²) in [5, 5.41) is 2.86. The molecular weight excluding hydrogens is 397 g/mol. The van der Waals surface area contributed by atoms with Gasteiger partial charge in [-0.25, -0.2) is 4.39 Å². The summed E-state index contributed by atoms with van der Waals surface area (Å²) in [6, 6.07) is 17.6. The molecule has 0 saturated carbocycles. The highest BCUT2D eigenvalue weighted by Gasteiger charge is 2.16. The van der Waals surface area contributed by atoms with Crippen LogP contribution in [0.25, 0.3) is 0 Å². The largest absolute Gasteiger partial charge is 0.321 e. The highest BCUT2D eigenvalue weighted by molar-refractivity contribution is 6.31. The lowest BCUT2D eigenvalue weighted by Crippen LogP contribution is -2.41. The zero-order chi connectivity index (χ0) is 20.8. The van der Waals surface area contributed by atoms with Crippen molar-refractivity contribution in [2.45, 2.75) is 0 Å². The third kappa shape index (κ3) is 5.18. The van der Waals surface area contributed by atoms with Gasteiger partial charge in [0, 0.05) is 16.1 Å². The first-order valence-electron chi connectivity index (χ1n) is 8.46. The molecule has 3 aromatic carbocycles. The molecule has 0 bridgehead atoms. The summed E-state index contributed by atoms with van der Waals surface area (Å²) in [7, 11) is 0. The van der Waals surface area contributed by atoms with Crippen LogP contribution in [0.5, 0.6) is 0 Å². The number of hydrazine groups is 1. The van der Waals surface area contributed by atoms with Crippen LogP contribution in [-0.2, 0) is 0 Å². The van der Waals surface area contributed by atoms with Gasteiger partial charge in [-0.05, 0) is 54.6 Å². The van der Waals surface area contributed by atoms with Crippen LogP contribution in [0, 0.1) is 5.82 Å². The zero-order valence-electron chi connectivity index (χ0n) is 14.9. The van der Waals surface area contributed by atoms with Crippen molar-refractivity contribution in [3.8, 4) is 0 Å². The second-order valence-electron chi connectivity index (χ2n) is 5.93. The lowest BCUT2D eigenvalue weighted by molar-refractivity contribution is 0.0847. The molecule has 3 N–H and O–H groups in total. The van der Waals surface area contributed by atoms with E-state index in [0.717, 1.165) is 12.1 Å². The van der Waals surface area contributed by atoms with Crippen molar-refractivity contribution >= 4 is 35.0 Å². The summed E-state index contributed by atoms with van der Waals surface area (Å²) < 4.78 is 13.0. The lowest BCUT2D eigenvalue weighted by Gasteiger charge is -2.13. The molecule has 146 valence electrons. The van der Waals surface area contributed by atoms with Crippen LogP contribution in [0.1, 0.15) is 31.1 Å². The molecule has 3 rings (SSSR count). The normalized spacial score (nSPS) is 10.1. The fourth-order valence-electron chi connectivity index (χ4n) is 2.46. The van der Waals surface area contributed by atoms with E-state index >= 15 is 0 Å². The summed E-state index contributed by atoms with van der Waals surface area (Å²) in [5.41, 5.74) is 5.39. The molecule has 3 amide bonds. The molecule has 6 nitrogen and oxygen atoms in total. The van der Waals surface area contributed by atoms with Gasteiger partial charge in [-0.2, -0.15) is 0 Å². The fourth-order valence-corrected chi connectivity index (χ4v) is 2.63. The van der Waals surface area contributed by atoms with Gasteiger partial charge in [0.25, 0.3) is 17.7 Å². The Balaban J connectivity index is 1.73. The first kappa shape index (κ1) is 20.0. The van der Waals surface area contributed by atoms with Gasteiger partial charge >= 0.3 is 0 Å². The number of hydrogen-bond donors (Lipinski definition) is 3. The zero-order valence-corrected chi connectivity index (χ0v) is 15.7. The molecule has 0 aliphatic rings. The molecule has 0 fully saturated rings. The smallest absolute Gasteiger partial charge is 0.271 e. The highest BCUT2D eigenvalue weighted by atomic mass is 35.5. The van der Waals surface area contributed by atoms with Crippen LogP contribution in [0.15, 0.2) is 72.8 Å². The molecular formula is C21H15ClFN3O3. The van der Waals surface area contributed by atoms with Crippen LogP contribution in [0.3, 0.4) is 0 Å². The van der Waals surface area contributed by atoms with Gasteiger partial charge < -0.3 is 5.32 Å². The molecule has 3 aromatic rings. The first-order chi connectivity index (χ1) is 13.9. The van der Waals surface area contributed by atoms with Gasteiger partial charge in [-0.1, -0.05) is 29.8 Å². The Labute approximate surface area is 170 Å².